The number of sulfone groups is 1. The van der Waals surface area contributed by atoms with Crippen LogP contribution in [0.3, 0.4) is 0 Å². The quantitative estimate of drug-likeness (QED) is 0.669. The molecule has 104 valence electrons. The normalized spacial score (nSPS) is 12.7. The molecule has 5 N–H and O–H groups in total. The molecule has 0 saturated carbocycles. The predicted molar refractivity (Wildman–Crippen MR) is 70.0 cm³/mol. The molecule has 7 nitrogen and oxygen atoms in total. The number of nitrogens with one attached hydrogen (secondary N) is 1. The van der Waals surface area contributed by atoms with Crippen molar-refractivity contribution in [1.82, 2.24) is 5.32 Å². The molecule has 1 rings (SSSR count). The van der Waals surface area contributed by atoms with E-state index in [9.17, 15) is 18.0 Å². The van der Waals surface area contributed by atoms with Crippen LogP contribution >= 0.6 is 0 Å². The number of benzene rings is 1. The second-order valence-electron chi connectivity index (χ2n) is 4.01. The van der Waals surface area contributed by atoms with E-state index in [1.807, 2.05) is 0 Å². The Hall–Kier alpha value is -2.09. The molecule has 1 aromatic carbocycles. The number of carbonyl (C=O) groups excluding carboxylic acids is 2. The first kappa shape index (κ1) is 15.0. The number of imide groups is 1. The molecule has 0 saturated heterocycles. The fourth-order valence-corrected chi connectivity index (χ4v) is 3.03. The van der Waals surface area contributed by atoms with E-state index < -0.39 is 27.0 Å². The van der Waals surface area contributed by atoms with Gasteiger partial charge in [0, 0.05) is 5.69 Å². The first-order chi connectivity index (χ1) is 8.67. The third-order valence-electron chi connectivity index (χ3n) is 2.71. The van der Waals surface area contributed by atoms with Crippen molar-refractivity contribution < 1.29 is 18.0 Å². The molecule has 0 radical (unpaired) electrons. The van der Waals surface area contributed by atoms with Crippen LogP contribution in [-0.2, 0) is 14.6 Å². The Bertz CT molecular complexity index is 625. The van der Waals surface area contributed by atoms with Crippen molar-refractivity contribution in [3.63, 3.8) is 0 Å². The Labute approximate surface area is 110 Å². The van der Waals surface area contributed by atoms with Crippen molar-refractivity contribution >= 4 is 27.5 Å². The molecule has 0 aromatic heterocycles. The van der Waals surface area contributed by atoms with Crippen molar-refractivity contribution in [2.24, 2.45) is 5.73 Å². The van der Waals surface area contributed by atoms with Gasteiger partial charge in [0.15, 0.2) is 9.84 Å². The molecule has 0 spiro atoms. The second kappa shape index (κ2) is 5.27. The van der Waals surface area contributed by atoms with E-state index in [4.69, 9.17) is 11.5 Å². The Morgan fingerprint density at radius 2 is 1.89 bits per heavy atom. The van der Waals surface area contributed by atoms with Crippen LogP contribution in [0.2, 0.25) is 0 Å². The lowest BCUT2D eigenvalue weighted by Crippen LogP contribution is -2.43. The lowest BCUT2D eigenvalue weighted by molar-refractivity contribution is -0.119. The third-order valence-corrected chi connectivity index (χ3v) is 4.91. The van der Waals surface area contributed by atoms with Gasteiger partial charge in [-0.3, -0.25) is 10.1 Å². The molecule has 3 amide bonds. The van der Waals surface area contributed by atoms with Crippen LogP contribution in [0.4, 0.5) is 10.5 Å². The molecular weight excluding hydrogens is 270 g/mol. The van der Waals surface area contributed by atoms with E-state index >= 15 is 0 Å². The van der Waals surface area contributed by atoms with E-state index in [2.05, 4.69) is 0 Å². The number of nitrogens with two attached hydrogens (primary N) is 2. The average Bonchev–Trinajstić information content (AvgIpc) is 2.30. The average molecular weight is 285 g/mol. The summed E-state index contributed by atoms with van der Waals surface area (Å²) in [5, 5.41) is 0.298. The highest BCUT2D eigenvalue weighted by Crippen LogP contribution is 2.24. The number of rotatable bonds is 3. The summed E-state index contributed by atoms with van der Waals surface area (Å²) in [7, 11) is -3.94. The summed E-state index contributed by atoms with van der Waals surface area (Å²) in [5.74, 6) is -0.977. The summed E-state index contributed by atoms with van der Waals surface area (Å²) in [6.45, 7) is 2.72. The molecule has 0 aliphatic heterocycles. The summed E-state index contributed by atoms with van der Waals surface area (Å²) in [6.07, 6.45) is 0. The number of primary amides is 1. The van der Waals surface area contributed by atoms with E-state index in [0.717, 1.165) is 0 Å². The van der Waals surface area contributed by atoms with E-state index in [1.54, 1.807) is 18.3 Å². The van der Waals surface area contributed by atoms with Gasteiger partial charge in [0.25, 0.3) is 0 Å². The SMILES string of the molecule is Cc1c(N)cccc1S(=O)(=O)C(C)C(=O)NC(N)=O. The van der Waals surface area contributed by atoms with Crippen molar-refractivity contribution in [2.45, 2.75) is 24.0 Å². The van der Waals surface area contributed by atoms with Gasteiger partial charge in [-0.1, -0.05) is 6.07 Å². The Morgan fingerprint density at radius 3 is 2.42 bits per heavy atom. The second-order valence-corrected chi connectivity index (χ2v) is 6.25. The molecule has 8 heteroatoms. The molecule has 1 aromatic rings. The van der Waals surface area contributed by atoms with Gasteiger partial charge in [0.05, 0.1) is 4.90 Å². The molecule has 19 heavy (non-hydrogen) atoms. The minimum Gasteiger partial charge on any atom is -0.398 e. The fraction of sp³-hybridized carbons (Fsp3) is 0.273. The van der Waals surface area contributed by atoms with Crippen LogP contribution in [-0.4, -0.2) is 25.6 Å². The monoisotopic (exact) mass is 285 g/mol. The summed E-state index contributed by atoms with van der Waals surface area (Å²) in [5.41, 5.74) is 11.1. The summed E-state index contributed by atoms with van der Waals surface area (Å²) in [6, 6.07) is 3.29. The van der Waals surface area contributed by atoms with Gasteiger partial charge in [-0.05, 0) is 31.5 Å². The van der Waals surface area contributed by atoms with Gasteiger partial charge in [-0.25, -0.2) is 13.2 Å². The molecule has 0 heterocycles. The summed E-state index contributed by atoms with van der Waals surface area (Å²) in [4.78, 5) is 22.1. The maximum atomic E-state index is 12.3. The zero-order chi connectivity index (χ0) is 14.8. The Kier molecular flexibility index (Phi) is 4.15. The fourth-order valence-electron chi connectivity index (χ4n) is 1.49. The first-order valence-electron chi connectivity index (χ1n) is 5.37. The molecule has 0 bridgehead atoms. The van der Waals surface area contributed by atoms with E-state index in [1.165, 1.54) is 19.1 Å². The molecule has 0 aliphatic carbocycles. The zero-order valence-electron chi connectivity index (χ0n) is 10.5. The lowest BCUT2D eigenvalue weighted by Gasteiger charge is -2.14. The Morgan fingerprint density at radius 1 is 1.32 bits per heavy atom. The number of amides is 3. The highest BCUT2D eigenvalue weighted by molar-refractivity contribution is 7.92. The van der Waals surface area contributed by atoms with Crippen molar-refractivity contribution in [3.05, 3.63) is 23.8 Å². The highest BCUT2D eigenvalue weighted by atomic mass is 32.2. The van der Waals surface area contributed by atoms with Crippen molar-refractivity contribution in [2.75, 3.05) is 5.73 Å². The van der Waals surface area contributed by atoms with Gasteiger partial charge < -0.3 is 11.5 Å². The summed E-state index contributed by atoms with van der Waals surface area (Å²) < 4.78 is 24.5. The van der Waals surface area contributed by atoms with Crippen LogP contribution in [0.1, 0.15) is 12.5 Å². The Balaban J connectivity index is 3.21. The minimum atomic E-state index is -3.94. The number of anilines is 1. The number of nitrogen functional groups attached to an aromatic ring is 1. The zero-order valence-corrected chi connectivity index (χ0v) is 11.3. The minimum absolute atomic E-state index is 0.0420. The van der Waals surface area contributed by atoms with Crippen LogP contribution < -0.4 is 16.8 Å². The number of hydrogen-bond acceptors (Lipinski definition) is 5. The molecule has 0 aliphatic rings. The van der Waals surface area contributed by atoms with Gasteiger partial charge in [0.1, 0.15) is 5.25 Å². The van der Waals surface area contributed by atoms with Gasteiger partial charge in [-0.15, -0.1) is 0 Å². The smallest absolute Gasteiger partial charge is 0.318 e. The van der Waals surface area contributed by atoms with Gasteiger partial charge >= 0.3 is 6.03 Å². The maximum absolute atomic E-state index is 12.3. The lowest BCUT2D eigenvalue weighted by atomic mass is 10.2. The van der Waals surface area contributed by atoms with Crippen LogP contribution in [0.15, 0.2) is 23.1 Å². The standard InChI is InChI=1S/C11H15N3O4S/c1-6-8(12)4-3-5-9(6)19(17,18)7(2)10(15)14-11(13)16/h3-5,7H,12H2,1-2H3,(H3,13,14,15,16). The molecule has 0 fully saturated rings. The van der Waals surface area contributed by atoms with Crippen molar-refractivity contribution in [3.8, 4) is 0 Å². The van der Waals surface area contributed by atoms with E-state index in [-0.39, 0.29) is 4.90 Å². The van der Waals surface area contributed by atoms with Crippen LogP contribution in [0, 0.1) is 6.92 Å². The van der Waals surface area contributed by atoms with Crippen LogP contribution in [0.5, 0.6) is 0 Å². The predicted octanol–water partition coefficient (Wildman–Crippen LogP) is -0.0657. The molecular formula is C11H15N3O4S. The van der Waals surface area contributed by atoms with Gasteiger partial charge in [0.2, 0.25) is 5.91 Å². The first-order valence-corrected chi connectivity index (χ1v) is 6.92. The highest BCUT2D eigenvalue weighted by Gasteiger charge is 2.31. The maximum Gasteiger partial charge on any atom is 0.318 e. The van der Waals surface area contributed by atoms with Crippen LogP contribution in [0.25, 0.3) is 0 Å². The summed E-state index contributed by atoms with van der Waals surface area (Å²) >= 11 is 0. The topological polar surface area (TPSA) is 132 Å². The van der Waals surface area contributed by atoms with Gasteiger partial charge in [-0.2, -0.15) is 0 Å². The van der Waals surface area contributed by atoms with E-state index in [0.29, 0.717) is 11.3 Å². The number of urea groups is 1. The van der Waals surface area contributed by atoms with Crippen molar-refractivity contribution in [1.29, 1.82) is 0 Å². The molecule has 1 atom stereocenters. The number of carbonyl (C=O) groups is 2. The third kappa shape index (κ3) is 3.02. The molecule has 1 unspecified atom stereocenters. The number of hydrogen-bond donors (Lipinski definition) is 3. The largest absolute Gasteiger partial charge is 0.398 e.